The van der Waals surface area contributed by atoms with Crippen LogP contribution in [-0.4, -0.2) is 53.2 Å². The van der Waals surface area contributed by atoms with Crippen LogP contribution in [0.1, 0.15) is 31.5 Å². The van der Waals surface area contributed by atoms with E-state index in [9.17, 15) is 4.79 Å². The Kier molecular flexibility index (Phi) is 6.85. The quantitative estimate of drug-likeness (QED) is 0.316. The van der Waals surface area contributed by atoms with E-state index in [0.29, 0.717) is 30.5 Å². The van der Waals surface area contributed by atoms with Gasteiger partial charge in [0.1, 0.15) is 23.5 Å². The standard InChI is InChI=1S/C31H30N8O2/c1-4-6-26(40)38-15-13-23(14-16-38)39-18-22(17-35-39)29-27(28-30(32)33-19-34-31(28)37(29)3)21-9-11-24(12-10-21)41-25-8-5-7-20(2)36-25/h5,7-12,17-19,23H,13-16H2,1-3H3,(H2,32,33,34). The number of pyridine rings is 1. The van der Waals surface area contributed by atoms with Crippen molar-refractivity contribution in [3.8, 4) is 45.9 Å². The zero-order valence-electron chi connectivity index (χ0n) is 23.2. The van der Waals surface area contributed by atoms with Crippen LogP contribution in [0.25, 0.3) is 33.4 Å². The Morgan fingerprint density at radius 2 is 1.85 bits per heavy atom. The number of nitrogens with two attached hydrogens (primary N) is 1. The van der Waals surface area contributed by atoms with E-state index in [1.807, 2.05) is 76.8 Å². The predicted octanol–water partition coefficient (Wildman–Crippen LogP) is 4.76. The molecule has 1 aromatic carbocycles. The summed E-state index contributed by atoms with van der Waals surface area (Å²) >= 11 is 0. The maximum absolute atomic E-state index is 12.2. The maximum atomic E-state index is 12.2. The number of nitrogen functional groups attached to an aromatic ring is 1. The number of aromatic nitrogens is 6. The van der Waals surface area contributed by atoms with Gasteiger partial charge in [0.25, 0.3) is 5.91 Å². The average molecular weight is 547 g/mol. The topological polar surface area (TPSA) is 117 Å². The van der Waals surface area contributed by atoms with Crippen molar-refractivity contribution in [1.29, 1.82) is 0 Å². The van der Waals surface area contributed by atoms with Crippen molar-refractivity contribution < 1.29 is 9.53 Å². The minimum atomic E-state index is -0.113. The van der Waals surface area contributed by atoms with Crippen LogP contribution in [0.2, 0.25) is 0 Å². The summed E-state index contributed by atoms with van der Waals surface area (Å²) in [6.45, 7) is 4.93. The second-order valence-corrected chi connectivity index (χ2v) is 10.1. The van der Waals surface area contributed by atoms with Crippen LogP contribution in [0.5, 0.6) is 11.6 Å². The Balaban J connectivity index is 1.34. The number of benzene rings is 1. The van der Waals surface area contributed by atoms with Gasteiger partial charge in [0, 0.05) is 49.2 Å². The first-order chi connectivity index (χ1) is 19.9. The van der Waals surface area contributed by atoms with Gasteiger partial charge in [-0.2, -0.15) is 5.10 Å². The molecule has 0 radical (unpaired) electrons. The van der Waals surface area contributed by atoms with E-state index < -0.39 is 0 Å². The monoisotopic (exact) mass is 546 g/mol. The van der Waals surface area contributed by atoms with Crippen molar-refractivity contribution in [2.45, 2.75) is 32.7 Å². The van der Waals surface area contributed by atoms with E-state index in [2.05, 4.69) is 33.0 Å². The van der Waals surface area contributed by atoms with Crippen molar-refractivity contribution in [2.24, 2.45) is 7.05 Å². The lowest BCUT2D eigenvalue weighted by molar-refractivity contribution is -0.126. The molecule has 10 nitrogen and oxygen atoms in total. The van der Waals surface area contributed by atoms with Gasteiger partial charge < -0.3 is 19.9 Å². The van der Waals surface area contributed by atoms with E-state index in [1.54, 1.807) is 6.92 Å². The fraction of sp³-hybridized carbons (Fsp3) is 0.258. The molecule has 5 heterocycles. The lowest BCUT2D eigenvalue weighted by atomic mass is 10.00. The number of hydrogen-bond donors (Lipinski definition) is 1. The van der Waals surface area contributed by atoms with E-state index in [0.717, 1.165) is 52.0 Å². The Bertz CT molecular complexity index is 1800. The molecule has 1 fully saturated rings. The Morgan fingerprint density at radius 3 is 2.59 bits per heavy atom. The van der Waals surface area contributed by atoms with Gasteiger partial charge >= 0.3 is 0 Å². The number of piperidine rings is 1. The fourth-order valence-electron chi connectivity index (χ4n) is 5.46. The molecular formula is C31H30N8O2. The molecule has 0 saturated carbocycles. The molecule has 1 amide bonds. The third-order valence-electron chi connectivity index (χ3n) is 7.46. The summed E-state index contributed by atoms with van der Waals surface area (Å²) in [5.74, 6) is 6.86. The SMILES string of the molecule is CC#CC(=O)N1CCC(n2cc(-c3c(-c4ccc(Oc5cccc(C)n5)cc4)c4c(N)ncnc4n3C)cn2)CC1. The van der Waals surface area contributed by atoms with E-state index in [1.165, 1.54) is 6.33 Å². The van der Waals surface area contributed by atoms with E-state index in [4.69, 9.17) is 15.6 Å². The second kappa shape index (κ2) is 10.8. The summed E-state index contributed by atoms with van der Waals surface area (Å²) in [4.78, 5) is 27.3. The number of carbonyl (C=O) groups excluding carboxylic acids is 1. The molecule has 0 aliphatic carbocycles. The molecule has 0 atom stereocenters. The van der Waals surface area contributed by atoms with Gasteiger partial charge in [-0.15, -0.1) is 0 Å². The number of ether oxygens (including phenoxy) is 1. The van der Waals surface area contributed by atoms with Gasteiger partial charge in [-0.25, -0.2) is 15.0 Å². The Morgan fingerprint density at radius 1 is 1.07 bits per heavy atom. The first-order valence-electron chi connectivity index (χ1n) is 13.5. The molecule has 1 aliphatic heterocycles. The van der Waals surface area contributed by atoms with Crippen molar-refractivity contribution in [2.75, 3.05) is 18.8 Å². The summed E-state index contributed by atoms with van der Waals surface area (Å²) < 4.78 is 10.0. The Hall–Kier alpha value is -5.17. The van der Waals surface area contributed by atoms with Crippen LogP contribution in [0.3, 0.4) is 0 Å². The first kappa shape index (κ1) is 26.1. The van der Waals surface area contributed by atoms with Crippen LogP contribution in [0, 0.1) is 18.8 Å². The molecule has 5 aromatic rings. The van der Waals surface area contributed by atoms with Gasteiger partial charge in [-0.05, 0) is 56.4 Å². The molecule has 4 aromatic heterocycles. The second-order valence-electron chi connectivity index (χ2n) is 10.1. The van der Waals surface area contributed by atoms with Gasteiger partial charge in [0.05, 0.1) is 23.3 Å². The minimum Gasteiger partial charge on any atom is -0.439 e. The van der Waals surface area contributed by atoms with Crippen molar-refractivity contribution in [3.63, 3.8) is 0 Å². The number of hydrogen-bond acceptors (Lipinski definition) is 7. The van der Waals surface area contributed by atoms with Crippen LogP contribution >= 0.6 is 0 Å². The van der Waals surface area contributed by atoms with Gasteiger partial charge in [-0.3, -0.25) is 9.48 Å². The molecule has 1 saturated heterocycles. The molecule has 6 rings (SSSR count). The highest BCUT2D eigenvalue weighted by molar-refractivity contribution is 6.07. The van der Waals surface area contributed by atoms with Gasteiger partial charge in [0.2, 0.25) is 5.88 Å². The van der Waals surface area contributed by atoms with Crippen LogP contribution in [0.15, 0.2) is 61.2 Å². The number of rotatable bonds is 5. The molecular weight excluding hydrogens is 516 g/mol. The van der Waals surface area contributed by atoms with Crippen LogP contribution in [0.4, 0.5) is 5.82 Å². The number of nitrogens with zero attached hydrogens (tertiary/aromatic N) is 7. The summed E-state index contributed by atoms with van der Waals surface area (Å²) in [5, 5.41) is 5.52. The van der Waals surface area contributed by atoms with Crippen molar-refractivity contribution in [1.82, 2.24) is 34.2 Å². The molecule has 0 spiro atoms. The Labute approximate surface area is 237 Å². The predicted molar refractivity (Wildman–Crippen MR) is 157 cm³/mol. The number of aryl methyl sites for hydroxylation is 2. The van der Waals surface area contributed by atoms with Gasteiger partial charge in [-0.1, -0.05) is 24.1 Å². The van der Waals surface area contributed by atoms with Crippen LogP contribution in [-0.2, 0) is 11.8 Å². The summed E-state index contributed by atoms with van der Waals surface area (Å²) in [6.07, 6.45) is 7.06. The smallest absolute Gasteiger partial charge is 0.298 e. The first-order valence-corrected chi connectivity index (χ1v) is 13.5. The highest BCUT2D eigenvalue weighted by atomic mass is 16.5. The third kappa shape index (κ3) is 4.98. The highest BCUT2D eigenvalue weighted by Gasteiger charge is 2.26. The fourth-order valence-corrected chi connectivity index (χ4v) is 5.46. The molecule has 0 unspecified atom stereocenters. The lowest BCUT2D eigenvalue weighted by Crippen LogP contribution is -2.38. The molecule has 206 valence electrons. The number of anilines is 1. The molecule has 10 heteroatoms. The summed E-state index contributed by atoms with van der Waals surface area (Å²) in [7, 11) is 1.98. The molecule has 2 N–H and O–H groups in total. The maximum Gasteiger partial charge on any atom is 0.298 e. The molecule has 1 aliphatic rings. The normalized spacial score (nSPS) is 13.7. The number of fused-ring (bicyclic) bond motifs is 1. The number of likely N-dealkylation sites (tertiary alicyclic amines) is 1. The average Bonchev–Trinajstić information content (AvgIpc) is 3.57. The lowest BCUT2D eigenvalue weighted by Gasteiger charge is -2.30. The van der Waals surface area contributed by atoms with Gasteiger partial charge in [0.15, 0.2) is 0 Å². The highest BCUT2D eigenvalue weighted by Crippen LogP contribution is 2.42. The summed E-state index contributed by atoms with van der Waals surface area (Å²) in [5.41, 5.74) is 11.8. The van der Waals surface area contributed by atoms with E-state index >= 15 is 0 Å². The van der Waals surface area contributed by atoms with Crippen molar-refractivity contribution >= 4 is 22.8 Å². The summed E-state index contributed by atoms with van der Waals surface area (Å²) in [6, 6.07) is 13.7. The van der Waals surface area contributed by atoms with Crippen molar-refractivity contribution in [3.05, 3.63) is 66.9 Å². The zero-order chi connectivity index (χ0) is 28.5. The largest absolute Gasteiger partial charge is 0.439 e. The molecule has 0 bridgehead atoms. The minimum absolute atomic E-state index is 0.113. The number of carbonyl (C=O) groups is 1. The third-order valence-corrected chi connectivity index (χ3v) is 7.46. The van der Waals surface area contributed by atoms with E-state index in [-0.39, 0.29) is 11.9 Å². The zero-order valence-corrected chi connectivity index (χ0v) is 23.2. The van der Waals surface area contributed by atoms with Crippen LogP contribution < -0.4 is 10.5 Å². The number of amides is 1. The molecule has 41 heavy (non-hydrogen) atoms.